The fourth-order valence-corrected chi connectivity index (χ4v) is 5.04. The Hall–Kier alpha value is -2.48. The maximum atomic E-state index is 13.0. The molecule has 8 heteroatoms. The first-order valence-electron chi connectivity index (χ1n) is 12.2. The summed E-state index contributed by atoms with van der Waals surface area (Å²) in [5, 5.41) is 3.14. The van der Waals surface area contributed by atoms with Crippen LogP contribution in [-0.4, -0.2) is 64.1 Å². The van der Waals surface area contributed by atoms with E-state index in [2.05, 4.69) is 27.1 Å². The van der Waals surface area contributed by atoms with Gasteiger partial charge in [0.15, 0.2) is 11.5 Å². The van der Waals surface area contributed by atoms with Gasteiger partial charge in [-0.15, -0.1) is 0 Å². The summed E-state index contributed by atoms with van der Waals surface area (Å²) in [6.07, 6.45) is 8.09. The molecule has 2 aromatic rings. The first-order chi connectivity index (χ1) is 15.6. The summed E-state index contributed by atoms with van der Waals surface area (Å²) >= 11 is 0. The Balaban J connectivity index is 1.29. The molecule has 1 amide bonds. The highest BCUT2D eigenvalue weighted by Crippen LogP contribution is 2.22. The van der Waals surface area contributed by atoms with Gasteiger partial charge in [0.2, 0.25) is 5.91 Å². The molecule has 0 saturated carbocycles. The zero-order chi connectivity index (χ0) is 22.5. The molecule has 0 aromatic carbocycles. The Labute approximate surface area is 190 Å². The molecule has 32 heavy (non-hydrogen) atoms. The Morgan fingerprint density at radius 3 is 2.75 bits per heavy atom. The predicted octanol–water partition coefficient (Wildman–Crippen LogP) is 2.41. The number of carbonyl (C=O) groups is 1. The fraction of sp³-hybridized carbons (Fsp3) is 0.667. The lowest BCUT2D eigenvalue weighted by Crippen LogP contribution is -2.44. The van der Waals surface area contributed by atoms with Gasteiger partial charge in [0.1, 0.15) is 5.52 Å². The van der Waals surface area contributed by atoms with E-state index in [4.69, 9.17) is 0 Å². The summed E-state index contributed by atoms with van der Waals surface area (Å²) in [5.74, 6) is 0.635. The number of hydrogen-bond acceptors (Lipinski definition) is 6. The lowest BCUT2D eigenvalue weighted by molar-refractivity contribution is -0.125. The lowest BCUT2D eigenvalue weighted by Gasteiger charge is -2.33. The topological polar surface area (TPSA) is 83.4 Å². The van der Waals surface area contributed by atoms with Crippen molar-refractivity contribution in [2.45, 2.75) is 65.0 Å². The molecule has 1 atom stereocenters. The van der Waals surface area contributed by atoms with Gasteiger partial charge in [-0.3, -0.25) is 14.2 Å². The van der Waals surface area contributed by atoms with Crippen molar-refractivity contribution in [3.8, 4) is 0 Å². The van der Waals surface area contributed by atoms with Crippen LogP contribution in [0.5, 0.6) is 0 Å². The number of fused-ring (bicyclic) bond motifs is 1. The van der Waals surface area contributed by atoms with E-state index in [9.17, 15) is 9.59 Å². The van der Waals surface area contributed by atoms with Crippen molar-refractivity contribution in [3.05, 3.63) is 28.7 Å². The molecule has 2 aromatic heterocycles. The number of pyridine rings is 1. The van der Waals surface area contributed by atoms with Gasteiger partial charge in [-0.25, -0.2) is 9.97 Å². The highest BCUT2D eigenvalue weighted by Gasteiger charge is 2.27. The minimum absolute atomic E-state index is 0.00989. The highest BCUT2D eigenvalue weighted by atomic mass is 16.2. The molecule has 2 fully saturated rings. The zero-order valence-corrected chi connectivity index (χ0v) is 19.4. The van der Waals surface area contributed by atoms with Crippen LogP contribution in [0.2, 0.25) is 0 Å². The predicted molar refractivity (Wildman–Crippen MR) is 127 cm³/mol. The standard InChI is InChI=1S/C24H36N6O2/c1-3-30-21-20(9-6-12-25-21)27-22(24(30)32)29-16-10-19(11-17-29)23(31)26-13-7-15-28-14-5-4-8-18(28)2/h6,9,12,18-19H,3-5,7-8,10-11,13-17H2,1-2H3,(H,26,31). The van der Waals surface area contributed by atoms with E-state index in [1.54, 1.807) is 10.8 Å². The average Bonchev–Trinajstić information content (AvgIpc) is 2.82. The Morgan fingerprint density at radius 1 is 1.19 bits per heavy atom. The minimum Gasteiger partial charge on any atom is -0.356 e. The molecule has 1 N–H and O–H groups in total. The number of nitrogens with one attached hydrogen (secondary N) is 1. The largest absolute Gasteiger partial charge is 0.356 e. The van der Waals surface area contributed by atoms with E-state index in [-0.39, 0.29) is 17.4 Å². The molecule has 4 rings (SSSR count). The van der Waals surface area contributed by atoms with Crippen molar-refractivity contribution >= 4 is 22.9 Å². The number of aryl methyl sites for hydroxylation is 1. The molecule has 2 aliphatic heterocycles. The monoisotopic (exact) mass is 440 g/mol. The smallest absolute Gasteiger partial charge is 0.295 e. The summed E-state index contributed by atoms with van der Waals surface area (Å²) in [6.45, 7) is 9.13. The number of carbonyl (C=O) groups excluding carboxylic acids is 1. The molecule has 0 radical (unpaired) electrons. The summed E-state index contributed by atoms with van der Waals surface area (Å²) in [5.41, 5.74) is 1.25. The molecule has 1 unspecified atom stereocenters. The molecular formula is C24H36N6O2. The van der Waals surface area contributed by atoms with Crippen molar-refractivity contribution in [2.75, 3.05) is 37.6 Å². The number of amides is 1. The van der Waals surface area contributed by atoms with Gasteiger partial charge in [-0.1, -0.05) is 6.42 Å². The minimum atomic E-state index is -0.103. The van der Waals surface area contributed by atoms with Crippen molar-refractivity contribution in [1.29, 1.82) is 0 Å². The van der Waals surface area contributed by atoms with Crippen LogP contribution < -0.4 is 15.8 Å². The van der Waals surface area contributed by atoms with Crippen LogP contribution in [0.1, 0.15) is 52.4 Å². The first kappa shape index (κ1) is 22.7. The number of piperidine rings is 2. The SMILES string of the molecule is CCn1c(=O)c(N2CCC(C(=O)NCCCN3CCCCC3C)CC2)nc2cccnc21. The van der Waals surface area contributed by atoms with Crippen LogP contribution >= 0.6 is 0 Å². The molecule has 8 nitrogen and oxygen atoms in total. The summed E-state index contributed by atoms with van der Waals surface area (Å²) in [4.78, 5) is 39.2. The third kappa shape index (κ3) is 4.95. The second-order valence-electron chi connectivity index (χ2n) is 9.12. The first-order valence-corrected chi connectivity index (χ1v) is 12.2. The normalized spacial score (nSPS) is 20.6. The van der Waals surface area contributed by atoms with Gasteiger partial charge in [-0.05, 0) is 64.6 Å². The van der Waals surface area contributed by atoms with E-state index in [1.807, 2.05) is 24.0 Å². The van der Waals surface area contributed by atoms with E-state index in [0.29, 0.717) is 37.1 Å². The zero-order valence-electron chi connectivity index (χ0n) is 19.4. The second-order valence-corrected chi connectivity index (χ2v) is 9.12. The quantitative estimate of drug-likeness (QED) is 0.666. The molecule has 4 heterocycles. The van der Waals surface area contributed by atoms with E-state index in [0.717, 1.165) is 37.9 Å². The molecule has 0 aliphatic carbocycles. The van der Waals surface area contributed by atoms with Gasteiger partial charge in [0, 0.05) is 50.9 Å². The van der Waals surface area contributed by atoms with Gasteiger partial charge in [-0.2, -0.15) is 0 Å². The molecule has 2 saturated heterocycles. The van der Waals surface area contributed by atoms with Crippen LogP contribution in [0.4, 0.5) is 5.82 Å². The van der Waals surface area contributed by atoms with Crippen molar-refractivity contribution < 1.29 is 4.79 Å². The Bertz CT molecular complexity index is 982. The van der Waals surface area contributed by atoms with Gasteiger partial charge < -0.3 is 15.1 Å². The summed E-state index contributed by atoms with van der Waals surface area (Å²) in [6, 6.07) is 4.40. The van der Waals surface area contributed by atoms with Crippen LogP contribution in [-0.2, 0) is 11.3 Å². The van der Waals surface area contributed by atoms with E-state index in [1.165, 1.54) is 25.8 Å². The molecule has 0 spiro atoms. The third-order valence-corrected chi connectivity index (χ3v) is 7.03. The molecule has 174 valence electrons. The second kappa shape index (κ2) is 10.4. The number of anilines is 1. The summed E-state index contributed by atoms with van der Waals surface area (Å²) < 4.78 is 1.68. The molecular weight excluding hydrogens is 404 g/mol. The van der Waals surface area contributed by atoms with Gasteiger partial charge >= 0.3 is 0 Å². The number of likely N-dealkylation sites (tertiary alicyclic amines) is 1. The Morgan fingerprint density at radius 2 is 2.00 bits per heavy atom. The van der Waals surface area contributed by atoms with Crippen LogP contribution in [0, 0.1) is 5.92 Å². The van der Waals surface area contributed by atoms with Crippen LogP contribution in [0.15, 0.2) is 23.1 Å². The van der Waals surface area contributed by atoms with E-state index < -0.39 is 0 Å². The van der Waals surface area contributed by atoms with Crippen molar-refractivity contribution in [2.24, 2.45) is 5.92 Å². The number of nitrogens with zero attached hydrogens (tertiary/aromatic N) is 5. The Kier molecular flexibility index (Phi) is 7.40. The maximum absolute atomic E-state index is 13.0. The lowest BCUT2D eigenvalue weighted by atomic mass is 9.96. The van der Waals surface area contributed by atoms with Crippen molar-refractivity contribution in [1.82, 2.24) is 24.8 Å². The third-order valence-electron chi connectivity index (χ3n) is 7.03. The van der Waals surface area contributed by atoms with E-state index >= 15 is 0 Å². The molecule has 0 bridgehead atoms. The highest BCUT2D eigenvalue weighted by molar-refractivity contribution is 5.79. The summed E-state index contributed by atoms with van der Waals surface area (Å²) in [7, 11) is 0. The van der Waals surface area contributed by atoms with Gasteiger partial charge in [0.25, 0.3) is 5.56 Å². The van der Waals surface area contributed by atoms with Crippen molar-refractivity contribution in [3.63, 3.8) is 0 Å². The van der Waals surface area contributed by atoms with Gasteiger partial charge in [0.05, 0.1) is 0 Å². The number of aromatic nitrogens is 3. The average molecular weight is 441 g/mol. The fourth-order valence-electron chi connectivity index (χ4n) is 5.04. The number of rotatable bonds is 7. The molecule has 2 aliphatic rings. The van der Waals surface area contributed by atoms with Crippen LogP contribution in [0.25, 0.3) is 11.2 Å². The maximum Gasteiger partial charge on any atom is 0.295 e. The number of hydrogen-bond donors (Lipinski definition) is 1. The van der Waals surface area contributed by atoms with Crippen LogP contribution in [0.3, 0.4) is 0 Å².